The molecule has 2 aromatic carbocycles. The normalized spacial score (nSPS) is 18.4. The Morgan fingerprint density at radius 1 is 1.09 bits per heavy atom. The summed E-state index contributed by atoms with van der Waals surface area (Å²) in [7, 11) is 0. The molecule has 2 saturated heterocycles. The van der Waals surface area contributed by atoms with Gasteiger partial charge in [0.25, 0.3) is 11.1 Å². The highest BCUT2D eigenvalue weighted by atomic mass is 32.2. The van der Waals surface area contributed by atoms with E-state index in [0.717, 1.165) is 72.1 Å². The van der Waals surface area contributed by atoms with Crippen LogP contribution in [0.2, 0.25) is 0 Å². The van der Waals surface area contributed by atoms with E-state index in [1.54, 1.807) is 12.3 Å². The van der Waals surface area contributed by atoms with Crippen molar-refractivity contribution < 1.29 is 9.59 Å². The fraction of sp³-hybridized carbons (Fsp3) is 0.280. The molecule has 7 nitrogen and oxygen atoms in total. The van der Waals surface area contributed by atoms with Crippen LogP contribution >= 0.6 is 11.8 Å². The van der Waals surface area contributed by atoms with Crippen LogP contribution in [0.15, 0.2) is 47.5 Å². The number of anilines is 1. The minimum Gasteiger partial charge on any atom is -0.369 e. The number of fused-ring (bicyclic) bond motifs is 1. The number of aromatic nitrogens is 2. The van der Waals surface area contributed by atoms with Crippen LogP contribution in [0.3, 0.4) is 0 Å². The number of likely N-dealkylation sites (N-methyl/N-ethyl adjacent to an activating group) is 1. The van der Waals surface area contributed by atoms with Crippen LogP contribution in [0.1, 0.15) is 18.1 Å². The maximum absolute atomic E-state index is 11.9. The lowest BCUT2D eigenvalue weighted by atomic mass is 9.98. The van der Waals surface area contributed by atoms with Crippen molar-refractivity contribution in [1.82, 2.24) is 20.4 Å². The third-order valence-corrected chi connectivity index (χ3v) is 7.08. The molecule has 0 aliphatic carbocycles. The molecule has 0 bridgehead atoms. The third kappa shape index (κ3) is 4.36. The number of benzene rings is 2. The first-order chi connectivity index (χ1) is 16.0. The number of carbonyl (C=O) groups is 2. The first kappa shape index (κ1) is 21.6. The van der Waals surface area contributed by atoms with E-state index in [1.807, 2.05) is 18.2 Å². The molecule has 3 heterocycles. The van der Waals surface area contributed by atoms with Gasteiger partial charge in [-0.2, -0.15) is 10.2 Å². The van der Waals surface area contributed by atoms with Gasteiger partial charge >= 0.3 is 0 Å². The fourth-order valence-corrected chi connectivity index (χ4v) is 5.13. The zero-order chi connectivity index (χ0) is 22.9. The smallest absolute Gasteiger partial charge is 0.290 e. The minimum atomic E-state index is -0.357. The summed E-state index contributed by atoms with van der Waals surface area (Å²) in [6.45, 7) is 9.75. The van der Waals surface area contributed by atoms with Crippen molar-refractivity contribution in [2.45, 2.75) is 13.8 Å². The second kappa shape index (κ2) is 8.96. The Morgan fingerprint density at radius 3 is 2.61 bits per heavy atom. The van der Waals surface area contributed by atoms with Crippen molar-refractivity contribution in [3.05, 3.63) is 58.6 Å². The Bertz CT molecular complexity index is 1280. The predicted octanol–water partition coefficient (Wildman–Crippen LogP) is 4.07. The lowest BCUT2D eigenvalue weighted by molar-refractivity contribution is -0.115. The van der Waals surface area contributed by atoms with Gasteiger partial charge in [-0.1, -0.05) is 19.1 Å². The van der Waals surface area contributed by atoms with E-state index in [9.17, 15) is 9.59 Å². The number of aryl methyl sites for hydroxylation is 1. The van der Waals surface area contributed by atoms with Crippen molar-refractivity contribution in [3.8, 4) is 11.1 Å². The molecule has 3 aromatic rings. The zero-order valence-electron chi connectivity index (χ0n) is 18.7. The number of thioether (sulfide) groups is 1. The minimum absolute atomic E-state index is 0.342. The fourth-order valence-electron chi connectivity index (χ4n) is 4.45. The number of piperazine rings is 1. The van der Waals surface area contributed by atoms with Crippen LogP contribution in [0.5, 0.6) is 0 Å². The summed E-state index contributed by atoms with van der Waals surface area (Å²) in [5.74, 6) is -0.357. The quantitative estimate of drug-likeness (QED) is 0.589. The molecule has 5 rings (SSSR count). The van der Waals surface area contributed by atoms with Gasteiger partial charge in [0.2, 0.25) is 0 Å². The van der Waals surface area contributed by atoms with E-state index in [0.29, 0.717) is 4.91 Å². The molecule has 33 heavy (non-hydrogen) atoms. The molecule has 1 N–H and O–H groups in total. The molecule has 0 atom stereocenters. The van der Waals surface area contributed by atoms with Crippen LogP contribution in [0, 0.1) is 6.92 Å². The van der Waals surface area contributed by atoms with E-state index in [1.165, 1.54) is 11.3 Å². The largest absolute Gasteiger partial charge is 0.369 e. The molecular formula is C25H25N5O2S. The van der Waals surface area contributed by atoms with Crippen molar-refractivity contribution in [2.75, 3.05) is 37.6 Å². The molecule has 0 unspecified atom stereocenters. The standard InChI is InChI=1S/C25H25N5O2S/c1-3-29-8-10-30(11-9-29)22-7-5-18(12-16(22)2)20-15-26-28-21-6-4-17(13-19(20)21)14-23-24(31)27-25(32)33-23/h4-7,12-15H,3,8-11H2,1-2H3,(H,27,31,32). The van der Waals surface area contributed by atoms with Gasteiger partial charge in [-0.3, -0.25) is 14.9 Å². The first-order valence-electron chi connectivity index (χ1n) is 11.1. The summed E-state index contributed by atoms with van der Waals surface area (Å²) in [6, 6.07) is 12.3. The summed E-state index contributed by atoms with van der Waals surface area (Å²) in [6.07, 6.45) is 3.52. The van der Waals surface area contributed by atoms with Gasteiger partial charge in [0, 0.05) is 42.8 Å². The highest BCUT2D eigenvalue weighted by Gasteiger charge is 2.25. The Kier molecular flexibility index (Phi) is 5.86. The molecular weight excluding hydrogens is 434 g/mol. The van der Waals surface area contributed by atoms with E-state index in [4.69, 9.17) is 0 Å². The summed E-state index contributed by atoms with van der Waals surface area (Å²) in [5, 5.41) is 11.4. The van der Waals surface area contributed by atoms with E-state index in [-0.39, 0.29) is 11.1 Å². The molecule has 2 aliphatic heterocycles. The molecule has 168 valence electrons. The molecule has 2 amide bonds. The number of rotatable bonds is 4. The Morgan fingerprint density at radius 2 is 1.91 bits per heavy atom. The zero-order valence-corrected chi connectivity index (χ0v) is 19.5. The van der Waals surface area contributed by atoms with Gasteiger partial charge in [-0.05, 0) is 72.3 Å². The van der Waals surface area contributed by atoms with Gasteiger partial charge in [-0.25, -0.2) is 0 Å². The molecule has 0 radical (unpaired) electrons. The number of hydrogen-bond acceptors (Lipinski definition) is 7. The summed E-state index contributed by atoms with van der Waals surface area (Å²) in [5.41, 5.74) is 6.21. The monoisotopic (exact) mass is 459 g/mol. The Labute approximate surface area is 196 Å². The molecule has 2 aliphatic rings. The number of hydrogen-bond donors (Lipinski definition) is 1. The average molecular weight is 460 g/mol. The van der Waals surface area contributed by atoms with E-state index >= 15 is 0 Å². The van der Waals surface area contributed by atoms with Crippen molar-refractivity contribution in [1.29, 1.82) is 0 Å². The highest BCUT2D eigenvalue weighted by Crippen LogP contribution is 2.33. The van der Waals surface area contributed by atoms with Gasteiger partial charge in [-0.15, -0.1) is 0 Å². The van der Waals surface area contributed by atoms with Crippen LogP contribution in [-0.4, -0.2) is 59.0 Å². The highest BCUT2D eigenvalue weighted by molar-refractivity contribution is 8.18. The molecule has 0 saturated carbocycles. The van der Waals surface area contributed by atoms with Crippen LogP contribution in [0.25, 0.3) is 28.1 Å². The van der Waals surface area contributed by atoms with Gasteiger partial charge in [0.15, 0.2) is 0 Å². The second-order valence-corrected chi connectivity index (χ2v) is 9.32. The van der Waals surface area contributed by atoms with Crippen molar-refractivity contribution >= 4 is 45.6 Å². The summed E-state index contributed by atoms with van der Waals surface area (Å²) >= 11 is 0.919. The molecule has 8 heteroatoms. The Hall–Kier alpha value is -3.23. The predicted molar refractivity (Wildman–Crippen MR) is 133 cm³/mol. The molecule has 0 spiro atoms. The topological polar surface area (TPSA) is 78.4 Å². The van der Waals surface area contributed by atoms with Crippen LogP contribution in [0.4, 0.5) is 10.5 Å². The maximum atomic E-state index is 11.9. The number of amides is 2. The lowest BCUT2D eigenvalue weighted by Gasteiger charge is -2.36. The van der Waals surface area contributed by atoms with Crippen molar-refractivity contribution in [2.24, 2.45) is 0 Å². The van der Waals surface area contributed by atoms with Gasteiger partial charge in [0.1, 0.15) is 0 Å². The number of nitrogens with one attached hydrogen (secondary N) is 1. The summed E-state index contributed by atoms with van der Waals surface area (Å²) < 4.78 is 0. The second-order valence-electron chi connectivity index (χ2n) is 8.31. The maximum Gasteiger partial charge on any atom is 0.290 e. The molecule has 1 aromatic heterocycles. The molecule has 2 fully saturated rings. The third-order valence-electron chi connectivity index (χ3n) is 6.27. The van der Waals surface area contributed by atoms with Gasteiger partial charge in [0.05, 0.1) is 16.6 Å². The first-order valence-corrected chi connectivity index (χ1v) is 11.9. The average Bonchev–Trinajstić information content (AvgIpc) is 3.15. The summed E-state index contributed by atoms with van der Waals surface area (Å²) in [4.78, 5) is 28.7. The number of nitrogens with zero attached hydrogens (tertiary/aromatic N) is 4. The van der Waals surface area contributed by atoms with Crippen LogP contribution < -0.4 is 10.2 Å². The number of carbonyl (C=O) groups excluding carboxylic acids is 2. The number of imide groups is 1. The lowest BCUT2D eigenvalue weighted by Crippen LogP contribution is -2.46. The Balaban J connectivity index is 1.48. The SMILES string of the molecule is CCN1CCN(c2ccc(-c3cnnc4ccc(C=C5SC(=O)NC5=O)cc34)cc2C)CC1. The van der Waals surface area contributed by atoms with Crippen LogP contribution in [-0.2, 0) is 4.79 Å². The van der Waals surface area contributed by atoms with E-state index < -0.39 is 0 Å². The van der Waals surface area contributed by atoms with E-state index in [2.05, 4.69) is 57.4 Å². The van der Waals surface area contributed by atoms with Gasteiger partial charge < -0.3 is 9.80 Å². The van der Waals surface area contributed by atoms with Crippen molar-refractivity contribution in [3.63, 3.8) is 0 Å².